The van der Waals surface area contributed by atoms with Crippen LogP contribution in [0.2, 0.25) is 0 Å². The Morgan fingerprint density at radius 1 is 0.568 bits per heavy atom. The lowest BCUT2D eigenvalue weighted by Crippen LogP contribution is -2.50. The minimum atomic E-state index is -1.36. The summed E-state index contributed by atoms with van der Waals surface area (Å²) in [7, 11) is 0. The molecule has 0 aromatic carbocycles. The lowest BCUT2D eigenvalue weighted by atomic mass is 10.0. The summed E-state index contributed by atoms with van der Waals surface area (Å²) in [6, 6.07) is 0. The van der Waals surface area contributed by atoms with Crippen LogP contribution in [-0.4, -0.2) is 88.0 Å². The monoisotopic (exact) mass is 624 g/mol. The third-order valence-corrected chi connectivity index (χ3v) is 7.96. The lowest BCUT2D eigenvalue weighted by molar-refractivity contribution is -0.178. The molecular weight excluding hydrogens is 564 g/mol. The van der Waals surface area contributed by atoms with Gasteiger partial charge in [0.05, 0.1) is 38.8 Å². The molecule has 12 heteroatoms. The number of unbranched alkanes of at least 4 members (excludes halogenated alkanes) is 14. The van der Waals surface area contributed by atoms with Crippen LogP contribution in [0.25, 0.3) is 0 Å². The quantitative estimate of drug-likeness (QED) is 0.0959. The summed E-state index contributed by atoms with van der Waals surface area (Å²) in [6.07, 6.45) is 18.3. The Morgan fingerprint density at radius 2 is 0.909 bits per heavy atom. The Labute approximate surface area is 264 Å². The molecule has 0 amide bonds. The topological polar surface area (TPSA) is 161 Å². The van der Waals surface area contributed by atoms with Gasteiger partial charge in [-0.25, -0.2) is 0 Å². The van der Waals surface area contributed by atoms with Crippen molar-refractivity contribution in [1.82, 2.24) is 30.0 Å². The van der Waals surface area contributed by atoms with Gasteiger partial charge in [-0.2, -0.15) is 0 Å². The maximum absolute atomic E-state index is 10.5. The van der Waals surface area contributed by atoms with Crippen molar-refractivity contribution in [2.45, 2.75) is 167 Å². The van der Waals surface area contributed by atoms with Crippen molar-refractivity contribution in [3.63, 3.8) is 0 Å². The van der Waals surface area contributed by atoms with Gasteiger partial charge in [-0.05, 0) is 12.8 Å². The van der Waals surface area contributed by atoms with Crippen molar-refractivity contribution in [2.75, 3.05) is 13.2 Å². The van der Waals surface area contributed by atoms with Crippen molar-refractivity contribution in [1.29, 1.82) is 0 Å². The highest BCUT2D eigenvalue weighted by molar-refractivity contribution is 4.93. The van der Waals surface area contributed by atoms with Gasteiger partial charge in [-0.3, -0.25) is 9.36 Å². The summed E-state index contributed by atoms with van der Waals surface area (Å²) in [5.41, 5.74) is 1.11. The van der Waals surface area contributed by atoms with E-state index in [0.717, 1.165) is 38.8 Å². The molecule has 0 aliphatic heterocycles. The predicted molar refractivity (Wildman–Crippen MR) is 169 cm³/mol. The highest BCUT2D eigenvalue weighted by Crippen LogP contribution is 2.18. The van der Waals surface area contributed by atoms with E-state index in [1.807, 2.05) is 0 Å². The number of hydrogen-bond acceptors (Lipinski definition) is 10. The fourth-order valence-electron chi connectivity index (χ4n) is 5.26. The van der Waals surface area contributed by atoms with Crippen molar-refractivity contribution in [3.8, 4) is 0 Å². The van der Waals surface area contributed by atoms with E-state index in [-0.39, 0.29) is 13.2 Å². The Hall–Kier alpha value is -1.96. The molecule has 0 saturated heterocycles. The largest absolute Gasteiger partial charge is 0.394 e. The highest BCUT2D eigenvalue weighted by atomic mass is 16.6. The van der Waals surface area contributed by atoms with Gasteiger partial charge in [0, 0.05) is 13.1 Å². The van der Waals surface area contributed by atoms with E-state index < -0.39 is 37.6 Å². The van der Waals surface area contributed by atoms with Gasteiger partial charge < -0.3 is 29.9 Å². The van der Waals surface area contributed by atoms with Crippen LogP contribution in [0.4, 0.5) is 0 Å². The lowest BCUT2D eigenvalue weighted by Gasteiger charge is -2.32. The van der Waals surface area contributed by atoms with E-state index in [9.17, 15) is 20.4 Å². The van der Waals surface area contributed by atoms with Crippen molar-refractivity contribution >= 4 is 0 Å². The van der Waals surface area contributed by atoms with Crippen LogP contribution in [0.15, 0.2) is 12.4 Å². The third kappa shape index (κ3) is 15.9. The van der Waals surface area contributed by atoms with Gasteiger partial charge in [-0.1, -0.05) is 114 Å². The molecule has 0 aliphatic rings. The number of aromatic nitrogens is 6. The first-order chi connectivity index (χ1) is 21.5. The molecule has 2 aromatic heterocycles. The molecule has 0 radical (unpaired) electrons. The second-order valence-corrected chi connectivity index (χ2v) is 11.9. The fraction of sp³-hybridized carbons (Fsp3) is 0.875. The maximum atomic E-state index is 10.5. The fourth-order valence-corrected chi connectivity index (χ4v) is 5.26. The predicted octanol–water partition coefficient (Wildman–Crippen LogP) is 4.33. The smallest absolute Gasteiger partial charge is 0.115 e. The number of nitrogens with zero attached hydrogens (tertiary/aromatic N) is 6. The zero-order chi connectivity index (χ0) is 31.8. The zero-order valence-corrected chi connectivity index (χ0v) is 27.3. The molecule has 0 saturated carbocycles. The molecule has 2 heterocycles. The average Bonchev–Trinajstić information content (AvgIpc) is 3.70. The van der Waals surface area contributed by atoms with Crippen molar-refractivity contribution in [3.05, 3.63) is 23.8 Å². The molecule has 0 bridgehead atoms. The number of aliphatic hydroxyl groups is 4. The van der Waals surface area contributed by atoms with Crippen LogP contribution in [0.5, 0.6) is 0 Å². The Kier molecular flexibility index (Phi) is 21.1. The second-order valence-electron chi connectivity index (χ2n) is 11.9. The van der Waals surface area contributed by atoms with Crippen LogP contribution in [0.3, 0.4) is 0 Å². The molecule has 0 unspecified atom stereocenters. The summed E-state index contributed by atoms with van der Waals surface area (Å²) >= 11 is 0. The van der Waals surface area contributed by atoms with Gasteiger partial charge in [0.2, 0.25) is 0 Å². The Bertz CT molecular complexity index is 870. The number of ether oxygens (including phenoxy) is 2. The SMILES string of the molecule is CCCCCCCCCCn1cc(CO[C@@H]([C@H](OCc2cn(CCCCCCCCCC)nn2)[C@H](O)CO)[C@H](O)CO)nn1. The molecule has 254 valence electrons. The van der Waals surface area contributed by atoms with E-state index in [1.165, 1.54) is 77.0 Å². The van der Waals surface area contributed by atoms with Crippen LogP contribution in [-0.2, 0) is 35.8 Å². The van der Waals surface area contributed by atoms with E-state index in [4.69, 9.17) is 9.47 Å². The van der Waals surface area contributed by atoms with Crippen LogP contribution >= 0.6 is 0 Å². The molecule has 4 atom stereocenters. The molecule has 2 rings (SSSR count). The highest BCUT2D eigenvalue weighted by Gasteiger charge is 2.35. The number of rotatable bonds is 29. The minimum Gasteiger partial charge on any atom is -0.394 e. The van der Waals surface area contributed by atoms with Gasteiger partial charge in [0.1, 0.15) is 35.8 Å². The van der Waals surface area contributed by atoms with Crippen LogP contribution < -0.4 is 0 Å². The molecular formula is C32H60N6O6. The first-order valence-corrected chi connectivity index (χ1v) is 17.1. The van der Waals surface area contributed by atoms with Gasteiger partial charge in [-0.15, -0.1) is 10.2 Å². The van der Waals surface area contributed by atoms with Crippen LogP contribution in [0.1, 0.15) is 128 Å². The molecule has 44 heavy (non-hydrogen) atoms. The molecule has 0 aliphatic carbocycles. The Morgan fingerprint density at radius 3 is 1.25 bits per heavy atom. The van der Waals surface area contributed by atoms with E-state index in [1.54, 1.807) is 21.8 Å². The van der Waals surface area contributed by atoms with E-state index in [0.29, 0.717) is 11.4 Å². The molecule has 0 spiro atoms. The maximum Gasteiger partial charge on any atom is 0.115 e. The standard InChI is InChI=1S/C32H60N6O6/c1-3-5-7-9-11-13-15-17-19-37-21-27(33-35-37)25-43-31(29(41)23-39)32(30(42)24-40)44-26-28-22-38(36-34-28)20-18-16-14-12-10-8-6-4-2/h21-22,29-32,39-42H,3-20,23-26H2,1-2H3/t29-,30-,31-,32-/m1/s1. The third-order valence-electron chi connectivity index (χ3n) is 7.96. The summed E-state index contributed by atoms with van der Waals surface area (Å²) in [5, 5.41) is 57.1. The molecule has 0 fully saturated rings. The zero-order valence-electron chi connectivity index (χ0n) is 27.3. The van der Waals surface area contributed by atoms with Gasteiger partial charge in [0.25, 0.3) is 0 Å². The number of hydrogen-bond donors (Lipinski definition) is 4. The minimum absolute atomic E-state index is 0.00799. The van der Waals surface area contributed by atoms with Gasteiger partial charge >= 0.3 is 0 Å². The summed E-state index contributed by atoms with van der Waals surface area (Å²) in [6.45, 7) is 4.75. The number of aliphatic hydroxyl groups excluding tert-OH is 4. The molecule has 12 nitrogen and oxygen atoms in total. The first-order valence-electron chi connectivity index (χ1n) is 17.1. The molecule has 2 aromatic rings. The summed E-state index contributed by atoms with van der Waals surface area (Å²) in [4.78, 5) is 0. The second kappa shape index (κ2) is 24.3. The van der Waals surface area contributed by atoms with E-state index in [2.05, 4.69) is 34.5 Å². The van der Waals surface area contributed by atoms with Gasteiger partial charge in [0.15, 0.2) is 0 Å². The Balaban J connectivity index is 1.81. The van der Waals surface area contributed by atoms with E-state index >= 15 is 0 Å². The van der Waals surface area contributed by atoms with Crippen LogP contribution in [0, 0.1) is 0 Å². The number of aryl methyl sites for hydroxylation is 2. The summed E-state index contributed by atoms with van der Waals surface area (Å²) < 4.78 is 15.4. The summed E-state index contributed by atoms with van der Waals surface area (Å²) in [5.74, 6) is 0. The average molecular weight is 625 g/mol. The van der Waals surface area contributed by atoms with Crippen molar-refractivity contribution in [2.24, 2.45) is 0 Å². The normalized spacial score (nSPS) is 14.6. The first kappa shape index (κ1) is 38.2. The van der Waals surface area contributed by atoms with Crippen molar-refractivity contribution < 1.29 is 29.9 Å². The molecule has 4 N–H and O–H groups in total.